The van der Waals surface area contributed by atoms with Crippen LogP contribution in [-0.2, 0) is 18.3 Å². The quantitative estimate of drug-likeness (QED) is 0.536. The molecule has 3 aromatic rings. The van der Waals surface area contributed by atoms with Gasteiger partial charge in [-0.15, -0.1) is 0 Å². The summed E-state index contributed by atoms with van der Waals surface area (Å²) in [6, 6.07) is 8.56. The molecule has 2 N–H and O–H groups in total. The Balaban J connectivity index is 1.81. The van der Waals surface area contributed by atoms with E-state index in [-0.39, 0.29) is 22.7 Å². The van der Waals surface area contributed by atoms with E-state index in [1.165, 1.54) is 43.4 Å². The molecule has 3 rings (SSSR count). The number of carboxylic acid groups (broad SMARTS) is 1. The van der Waals surface area contributed by atoms with Crippen molar-refractivity contribution in [1.82, 2.24) is 20.1 Å². The number of aryl methyl sites for hydroxylation is 1. The van der Waals surface area contributed by atoms with Crippen molar-refractivity contribution in [2.45, 2.75) is 12.5 Å². The average molecular weight is 443 g/mol. The van der Waals surface area contributed by atoms with Gasteiger partial charge in [-0.3, -0.25) is 9.59 Å². The van der Waals surface area contributed by atoms with E-state index in [0.29, 0.717) is 22.4 Å². The fourth-order valence-electron chi connectivity index (χ4n) is 2.98. The third-order valence-corrected chi connectivity index (χ3v) is 4.91. The number of nitrogens with one attached hydrogen (secondary N) is 1. The highest BCUT2D eigenvalue weighted by Crippen LogP contribution is 2.25. The van der Waals surface area contributed by atoms with Gasteiger partial charge in [0, 0.05) is 19.7 Å². The molecule has 10 heteroatoms. The molecular formula is C21H19ClN4O5. The van der Waals surface area contributed by atoms with Crippen LogP contribution in [0.15, 0.2) is 53.6 Å². The lowest BCUT2D eigenvalue weighted by Gasteiger charge is -2.15. The van der Waals surface area contributed by atoms with Crippen LogP contribution in [0.4, 0.5) is 0 Å². The molecule has 0 aliphatic heterocycles. The number of hydrogen-bond donors (Lipinski definition) is 2. The Morgan fingerprint density at radius 3 is 2.58 bits per heavy atom. The molecular weight excluding hydrogens is 424 g/mol. The Labute approximate surface area is 182 Å². The number of aromatic nitrogens is 3. The largest absolute Gasteiger partial charge is 0.494 e. The van der Waals surface area contributed by atoms with Crippen LogP contribution in [0.2, 0.25) is 5.15 Å². The van der Waals surface area contributed by atoms with Crippen molar-refractivity contribution in [2.75, 3.05) is 7.11 Å². The van der Waals surface area contributed by atoms with E-state index < -0.39 is 17.9 Å². The Bertz CT molecular complexity index is 1180. The van der Waals surface area contributed by atoms with E-state index in [9.17, 15) is 19.5 Å². The number of carboxylic acids is 1. The molecule has 2 heterocycles. The van der Waals surface area contributed by atoms with Crippen molar-refractivity contribution in [3.05, 3.63) is 75.4 Å². The highest BCUT2D eigenvalue weighted by molar-refractivity contribution is 6.32. The van der Waals surface area contributed by atoms with Gasteiger partial charge in [-0.25, -0.2) is 14.5 Å². The minimum absolute atomic E-state index is 0.0126. The smallest absolute Gasteiger partial charge is 0.326 e. The summed E-state index contributed by atoms with van der Waals surface area (Å²) in [7, 11) is 2.98. The van der Waals surface area contributed by atoms with Crippen LogP contribution in [0.5, 0.6) is 5.75 Å². The van der Waals surface area contributed by atoms with Gasteiger partial charge in [0.2, 0.25) is 0 Å². The maximum absolute atomic E-state index is 12.5. The first kappa shape index (κ1) is 22.0. The van der Waals surface area contributed by atoms with Crippen molar-refractivity contribution in [1.29, 1.82) is 0 Å². The molecule has 0 unspecified atom stereocenters. The van der Waals surface area contributed by atoms with Gasteiger partial charge in [-0.1, -0.05) is 35.9 Å². The van der Waals surface area contributed by atoms with Crippen LogP contribution in [0.1, 0.15) is 15.9 Å². The monoisotopic (exact) mass is 442 g/mol. The SMILES string of the molecule is COc1cnn(C)c(=O)c1-c1ccc(C[C@H](NC(=O)c2cccnc2Cl)C(=O)O)cc1. The summed E-state index contributed by atoms with van der Waals surface area (Å²) in [5, 5.41) is 15.9. The molecule has 1 atom stereocenters. The van der Waals surface area contributed by atoms with Crippen LogP contribution in [0.3, 0.4) is 0 Å². The molecule has 1 aromatic carbocycles. The number of aliphatic carboxylic acids is 1. The number of pyridine rings is 1. The highest BCUT2D eigenvalue weighted by Gasteiger charge is 2.23. The number of benzene rings is 1. The van der Waals surface area contributed by atoms with Crippen LogP contribution < -0.4 is 15.6 Å². The molecule has 0 aliphatic carbocycles. The third kappa shape index (κ3) is 4.89. The zero-order valence-corrected chi connectivity index (χ0v) is 17.5. The molecule has 0 saturated heterocycles. The number of carbonyl (C=O) groups is 2. The molecule has 0 radical (unpaired) electrons. The number of amides is 1. The van der Waals surface area contributed by atoms with E-state index in [0.717, 1.165) is 0 Å². The van der Waals surface area contributed by atoms with Gasteiger partial charge >= 0.3 is 5.97 Å². The van der Waals surface area contributed by atoms with Gasteiger partial charge in [-0.05, 0) is 23.3 Å². The second-order valence-corrected chi connectivity index (χ2v) is 6.98. The molecule has 0 bridgehead atoms. The van der Waals surface area contributed by atoms with Gasteiger partial charge in [0.25, 0.3) is 11.5 Å². The zero-order chi connectivity index (χ0) is 22.5. The minimum Gasteiger partial charge on any atom is -0.494 e. The number of hydrogen-bond acceptors (Lipinski definition) is 6. The molecule has 31 heavy (non-hydrogen) atoms. The minimum atomic E-state index is -1.19. The number of carbonyl (C=O) groups excluding carboxylic acids is 1. The molecule has 9 nitrogen and oxygen atoms in total. The molecule has 0 saturated carbocycles. The van der Waals surface area contributed by atoms with E-state index in [1.54, 1.807) is 24.3 Å². The predicted octanol–water partition coefficient (Wildman–Crippen LogP) is 1.93. The van der Waals surface area contributed by atoms with Crippen LogP contribution in [-0.4, -0.2) is 44.9 Å². The standard InChI is InChI=1S/C21H19ClN4O5/c1-26-20(28)17(16(31-2)11-24-26)13-7-5-12(6-8-13)10-15(21(29)30)25-19(27)14-4-3-9-23-18(14)22/h3-9,11,15H,10H2,1-2H3,(H,25,27)(H,29,30)/t15-/m0/s1. The zero-order valence-electron chi connectivity index (χ0n) is 16.7. The van der Waals surface area contributed by atoms with Crippen molar-refractivity contribution in [3.8, 4) is 16.9 Å². The summed E-state index contributed by atoms with van der Waals surface area (Å²) in [5.41, 5.74) is 1.36. The number of halogens is 1. The lowest BCUT2D eigenvalue weighted by atomic mass is 10.0. The van der Waals surface area contributed by atoms with Crippen molar-refractivity contribution in [3.63, 3.8) is 0 Å². The summed E-state index contributed by atoms with van der Waals surface area (Å²) >= 11 is 5.91. The Morgan fingerprint density at radius 1 is 1.26 bits per heavy atom. The summed E-state index contributed by atoms with van der Waals surface area (Å²) in [4.78, 5) is 40.4. The summed E-state index contributed by atoms with van der Waals surface area (Å²) in [5.74, 6) is -1.49. The van der Waals surface area contributed by atoms with Crippen LogP contribution in [0, 0.1) is 0 Å². The number of nitrogens with zero attached hydrogens (tertiary/aromatic N) is 3. The van der Waals surface area contributed by atoms with E-state index in [2.05, 4.69) is 15.4 Å². The molecule has 2 aromatic heterocycles. The highest BCUT2D eigenvalue weighted by atomic mass is 35.5. The summed E-state index contributed by atoms with van der Waals surface area (Å²) in [6.45, 7) is 0. The maximum Gasteiger partial charge on any atom is 0.326 e. The van der Waals surface area contributed by atoms with Crippen LogP contribution in [0.25, 0.3) is 11.1 Å². The molecule has 160 valence electrons. The molecule has 0 aliphatic rings. The second-order valence-electron chi connectivity index (χ2n) is 6.62. The number of methoxy groups -OCH3 is 1. The average Bonchev–Trinajstić information content (AvgIpc) is 2.76. The third-order valence-electron chi connectivity index (χ3n) is 4.61. The first-order valence-corrected chi connectivity index (χ1v) is 9.53. The summed E-state index contributed by atoms with van der Waals surface area (Å²) in [6.07, 6.45) is 2.91. The van der Waals surface area contributed by atoms with Gasteiger partial charge in [0.1, 0.15) is 11.2 Å². The van der Waals surface area contributed by atoms with Gasteiger partial charge in [0.15, 0.2) is 5.75 Å². The van der Waals surface area contributed by atoms with Crippen molar-refractivity contribution in [2.24, 2.45) is 7.05 Å². The lowest BCUT2D eigenvalue weighted by Crippen LogP contribution is -2.42. The van der Waals surface area contributed by atoms with Gasteiger partial charge in [0.05, 0.1) is 24.4 Å². The Hall–Kier alpha value is -3.72. The van der Waals surface area contributed by atoms with Crippen LogP contribution >= 0.6 is 11.6 Å². The lowest BCUT2D eigenvalue weighted by molar-refractivity contribution is -0.139. The summed E-state index contributed by atoms with van der Waals surface area (Å²) < 4.78 is 6.44. The van der Waals surface area contributed by atoms with Gasteiger partial charge in [-0.2, -0.15) is 5.10 Å². The fourth-order valence-corrected chi connectivity index (χ4v) is 3.18. The topological polar surface area (TPSA) is 123 Å². The first-order chi connectivity index (χ1) is 14.8. The Kier molecular flexibility index (Phi) is 6.66. The predicted molar refractivity (Wildman–Crippen MR) is 113 cm³/mol. The number of ether oxygens (including phenoxy) is 1. The molecule has 0 fully saturated rings. The van der Waals surface area contributed by atoms with E-state index in [4.69, 9.17) is 16.3 Å². The fraction of sp³-hybridized carbons (Fsp3) is 0.190. The first-order valence-electron chi connectivity index (χ1n) is 9.15. The van der Waals surface area contributed by atoms with E-state index >= 15 is 0 Å². The normalized spacial score (nSPS) is 11.6. The van der Waals surface area contributed by atoms with Gasteiger partial charge < -0.3 is 15.2 Å². The molecule has 1 amide bonds. The maximum atomic E-state index is 12.5. The molecule has 0 spiro atoms. The van der Waals surface area contributed by atoms with Crippen molar-refractivity contribution >= 4 is 23.5 Å². The second kappa shape index (κ2) is 9.40. The Morgan fingerprint density at radius 2 is 1.97 bits per heavy atom. The van der Waals surface area contributed by atoms with Crippen molar-refractivity contribution < 1.29 is 19.4 Å². The van der Waals surface area contributed by atoms with E-state index in [1.807, 2.05) is 0 Å². The number of rotatable bonds is 7.